The molecular formula is C32H37N5O3S. The third-order valence-corrected chi connectivity index (χ3v) is 7.20. The molecule has 0 fully saturated rings. The number of rotatable bonds is 8. The number of hydrogen-bond acceptors (Lipinski definition) is 7. The van der Waals surface area contributed by atoms with Gasteiger partial charge in [-0.25, -0.2) is 0 Å². The Morgan fingerprint density at radius 1 is 0.927 bits per heavy atom. The van der Waals surface area contributed by atoms with Crippen molar-refractivity contribution in [1.29, 1.82) is 0 Å². The fourth-order valence-electron chi connectivity index (χ4n) is 3.97. The SMILES string of the molecule is Cc1ccc(CC(=O)Nc2cc(-c3ccccc3-c3nnn(COC(=O)C(C)(C)C)n3)ccc2SC(C)(C)C)cc1. The number of anilines is 1. The molecule has 214 valence electrons. The largest absolute Gasteiger partial charge is 0.440 e. The molecule has 0 atom stereocenters. The van der Waals surface area contributed by atoms with Crippen molar-refractivity contribution in [2.75, 3.05) is 5.32 Å². The molecule has 1 N–H and O–H groups in total. The van der Waals surface area contributed by atoms with Crippen LogP contribution in [0.3, 0.4) is 0 Å². The van der Waals surface area contributed by atoms with Gasteiger partial charge in [-0.1, -0.05) is 80.9 Å². The summed E-state index contributed by atoms with van der Waals surface area (Å²) in [6.07, 6.45) is 0.285. The minimum absolute atomic E-state index is 0.0469. The van der Waals surface area contributed by atoms with Crippen molar-refractivity contribution in [3.05, 3.63) is 77.9 Å². The van der Waals surface area contributed by atoms with E-state index in [1.807, 2.05) is 73.7 Å². The normalized spacial score (nSPS) is 11.8. The molecule has 0 saturated heterocycles. The number of tetrazole rings is 1. The average molecular weight is 572 g/mol. The van der Waals surface area contributed by atoms with Crippen LogP contribution in [0.5, 0.6) is 0 Å². The smallest absolute Gasteiger partial charge is 0.313 e. The second kappa shape index (κ2) is 12.3. The molecule has 1 aromatic heterocycles. The molecule has 4 aromatic rings. The van der Waals surface area contributed by atoms with Crippen molar-refractivity contribution in [2.24, 2.45) is 5.41 Å². The van der Waals surface area contributed by atoms with Gasteiger partial charge in [0.1, 0.15) is 0 Å². The fraction of sp³-hybridized carbons (Fsp3) is 0.344. The summed E-state index contributed by atoms with van der Waals surface area (Å²) in [6, 6.07) is 21.8. The van der Waals surface area contributed by atoms with E-state index in [-0.39, 0.29) is 29.8 Å². The standard InChI is InChI=1S/C32H37N5O3S/c1-21-12-14-22(15-13-21)18-28(38)33-26-19-23(16-17-27(26)41-32(5,6)7)24-10-8-9-11-25(24)29-34-36-37(35-29)20-40-30(39)31(2,3)4/h8-17,19H,18,20H2,1-7H3,(H,33,38). The highest BCUT2D eigenvalue weighted by molar-refractivity contribution is 8.00. The predicted octanol–water partition coefficient (Wildman–Crippen LogP) is 6.93. The molecule has 0 unspecified atom stereocenters. The first-order valence-electron chi connectivity index (χ1n) is 13.5. The Morgan fingerprint density at radius 3 is 2.27 bits per heavy atom. The maximum Gasteiger partial charge on any atom is 0.313 e. The van der Waals surface area contributed by atoms with E-state index in [1.165, 1.54) is 4.80 Å². The lowest BCUT2D eigenvalue weighted by atomic mass is 9.98. The average Bonchev–Trinajstić information content (AvgIpc) is 3.37. The number of aryl methyl sites for hydroxylation is 1. The molecule has 9 heteroatoms. The van der Waals surface area contributed by atoms with Crippen LogP contribution in [0.1, 0.15) is 52.7 Å². The Hall–Kier alpha value is -3.98. The number of benzene rings is 3. The predicted molar refractivity (Wildman–Crippen MR) is 163 cm³/mol. The van der Waals surface area contributed by atoms with Gasteiger partial charge in [0, 0.05) is 15.2 Å². The highest BCUT2D eigenvalue weighted by Crippen LogP contribution is 2.40. The molecule has 0 spiro atoms. The van der Waals surface area contributed by atoms with Crippen LogP contribution in [0.2, 0.25) is 0 Å². The van der Waals surface area contributed by atoms with Crippen molar-refractivity contribution >= 4 is 29.3 Å². The number of nitrogens with one attached hydrogen (secondary N) is 1. The van der Waals surface area contributed by atoms with Gasteiger partial charge in [-0.15, -0.1) is 26.8 Å². The first kappa shape index (κ1) is 30.0. The van der Waals surface area contributed by atoms with Crippen molar-refractivity contribution in [2.45, 2.75) is 71.3 Å². The van der Waals surface area contributed by atoms with E-state index in [4.69, 9.17) is 4.74 Å². The van der Waals surface area contributed by atoms with Gasteiger partial charge in [-0.05, 0) is 61.7 Å². The Labute approximate surface area is 245 Å². The van der Waals surface area contributed by atoms with E-state index in [2.05, 4.69) is 41.5 Å². The van der Waals surface area contributed by atoms with Crippen molar-refractivity contribution in [1.82, 2.24) is 20.2 Å². The molecule has 1 amide bonds. The van der Waals surface area contributed by atoms with Crippen LogP contribution in [0.15, 0.2) is 71.6 Å². The van der Waals surface area contributed by atoms with Gasteiger partial charge >= 0.3 is 5.97 Å². The summed E-state index contributed by atoms with van der Waals surface area (Å²) in [4.78, 5) is 27.5. The van der Waals surface area contributed by atoms with E-state index >= 15 is 0 Å². The van der Waals surface area contributed by atoms with Gasteiger partial charge in [0.15, 0.2) is 0 Å². The molecule has 4 rings (SSSR count). The number of carbonyl (C=O) groups excluding carboxylic acids is 2. The topological polar surface area (TPSA) is 99.0 Å². The number of amides is 1. The van der Waals surface area contributed by atoms with Crippen LogP contribution >= 0.6 is 11.8 Å². The number of ether oxygens (including phenoxy) is 1. The first-order valence-corrected chi connectivity index (χ1v) is 14.3. The van der Waals surface area contributed by atoms with E-state index in [1.54, 1.807) is 32.5 Å². The minimum atomic E-state index is -0.624. The number of carbonyl (C=O) groups is 2. The molecule has 0 bridgehead atoms. The van der Waals surface area contributed by atoms with Gasteiger partial charge in [-0.2, -0.15) is 0 Å². The van der Waals surface area contributed by atoms with Crippen LogP contribution in [0.4, 0.5) is 5.69 Å². The Balaban J connectivity index is 1.62. The molecule has 0 aliphatic rings. The number of nitrogens with zero attached hydrogens (tertiary/aromatic N) is 4. The third-order valence-electron chi connectivity index (χ3n) is 6.01. The molecule has 1 heterocycles. The summed E-state index contributed by atoms with van der Waals surface area (Å²) in [7, 11) is 0. The number of thioether (sulfide) groups is 1. The fourth-order valence-corrected chi connectivity index (χ4v) is 4.98. The second-order valence-corrected chi connectivity index (χ2v) is 13.8. The molecule has 0 aliphatic carbocycles. The van der Waals surface area contributed by atoms with E-state index in [0.29, 0.717) is 5.82 Å². The van der Waals surface area contributed by atoms with Crippen LogP contribution in [0.25, 0.3) is 22.5 Å². The Morgan fingerprint density at radius 2 is 1.61 bits per heavy atom. The lowest BCUT2D eigenvalue weighted by molar-refractivity contribution is -0.157. The lowest BCUT2D eigenvalue weighted by Crippen LogP contribution is -2.24. The van der Waals surface area contributed by atoms with Gasteiger partial charge in [0.2, 0.25) is 18.5 Å². The quantitative estimate of drug-likeness (QED) is 0.181. The van der Waals surface area contributed by atoms with E-state index in [9.17, 15) is 9.59 Å². The molecule has 3 aromatic carbocycles. The zero-order valence-corrected chi connectivity index (χ0v) is 25.5. The van der Waals surface area contributed by atoms with Crippen molar-refractivity contribution in [3.63, 3.8) is 0 Å². The number of hydrogen-bond donors (Lipinski definition) is 1. The second-order valence-electron chi connectivity index (χ2n) is 12.0. The number of aromatic nitrogens is 4. The molecule has 41 heavy (non-hydrogen) atoms. The lowest BCUT2D eigenvalue weighted by Gasteiger charge is -2.21. The highest BCUT2D eigenvalue weighted by Gasteiger charge is 2.24. The number of esters is 1. The monoisotopic (exact) mass is 571 g/mol. The van der Waals surface area contributed by atoms with Gasteiger partial charge in [0.25, 0.3) is 0 Å². The zero-order valence-electron chi connectivity index (χ0n) is 24.7. The summed E-state index contributed by atoms with van der Waals surface area (Å²) >= 11 is 1.70. The molecule has 0 aliphatic heterocycles. The molecule has 0 radical (unpaired) electrons. The molecule has 8 nitrogen and oxygen atoms in total. The third kappa shape index (κ3) is 8.27. The van der Waals surface area contributed by atoms with Gasteiger partial charge in [-0.3, -0.25) is 9.59 Å². The molecule has 0 saturated carbocycles. The minimum Gasteiger partial charge on any atom is -0.440 e. The van der Waals surface area contributed by atoms with E-state index in [0.717, 1.165) is 38.4 Å². The summed E-state index contributed by atoms with van der Waals surface area (Å²) in [6.45, 7) is 13.7. The molecular weight excluding hydrogens is 534 g/mol. The maximum atomic E-state index is 13.1. The van der Waals surface area contributed by atoms with Crippen molar-refractivity contribution in [3.8, 4) is 22.5 Å². The van der Waals surface area contributed by atoms with Crippen molar-refractivity contribution < 1.29 is 14.3 Å². The summed E-state index contributed by atoms with van der Waals surface area (Å²) < 4.78 is 5.28. The van der Waals surface area contributed by atoms with Crippen LogP contribution in [-0.4, -0.2) is 36.8 Å². The Kier molecular flexibility index (Phi) is 8.97. The van der Waals surface area contributed by atoms with Crippen LogP contribution in [-0.2, 0) is 27.5 Å². The summed E-state index contributed by atoms with van der Waals surface area (Å²) in [5, 5.41) is 15.9. The van der Waals surface area contributed by atoms with Gasteiger partial charge < -0.3 is 10.1 Å². The van der Waals surface area contributed by atoms with Crippen LogP contribution in [0, 0.1) is 12.3 Å². The Bertz CT molecular complexity index is 1530. The van der Waals surface area contributed by atoms with E-state index < -0.39 is 5.41 Å². The van der Waals surface area contributed by atoms with Crippen LogP contribution < -0.4 is 5.32 Å². The highest BCUT2D eigenvalue weighted by atomic mass is 32.2. The summed E-state index contributed by atoms with van der Waals surface area (Å²) in [5.74, 6) is -0.0168. The maximum absolute atomic E-state index is 13.1. The zero-order chi connectivity index (χ0) is 29.8. The summed E-state index contributed by atoms with van der Waals surface area (Å²) in [5.41, 5.74) is 4.81. The first-order chi connectivity index (χ1) is 19.3. The van der Waals surface area contributed by atoms with Gasteiger partial charge in [0.05, 0.1) is 17.5 Å².